The van der Waals surface area contributed by atoms with E-state index in [0.717, 1.165) is 12.8 Å². The predicted octanol–water partition coefficient (Wildman–Crippen LogP) is 5.13. The summed E-state index contributed by atoms with van der Waals surface area (Å²) in [4.78, 5) is 33.2. The molecule has 1 aromatic heterocycles. The Morgan fingerprint density at radius 1 is 0.935 bits per heavy atom. The maximum atomic E-state index is 13.0. The van der Waals surface area contributed by atoms with E-state index in [4.69, 9.17) is 32.7 Å². The molecule has 0 bridgehead atoms. The summed E-state index contributed by atoms with van der Waals surface area (Å²) in [6.07, 6.45) is 1.46. The highest BCUT2D eigenvalue weighted by Crippen LogP contribution is 2.39. The fraction of sp³-hybridized carbons (Fsp3) is 0.591. The number of halogens is 2. The van der Waals surface area contributed by atoms with Crippen molar-refractivity contribution in [2.24, 2.45) is 11.8 Å². The first kappa shape index (κ1) is 25.3. The molecule has 2 rings (SSSR count). The number of allylic oxidation sites excluding steroid dienone is 2. The maximum Gasteiger partial charge on any atom is 0.336 e. The van der Waals surface area contributed by atoms with Crippen LogP contribution in [0, 0.1) is 11.8 Å². The second-order valence-electron chi connectivity index (χ2n) is 8.50. The second kappa shape index (κ2) is 11.0. The molecule has 0 atom stereocenters. The Hall–Kier alpha value is -1.99. The third-order valence-corrected chi connectivity index (χ3v) is 5.61. The minimum Gasteiger partial charge on any atom is -0.462 e. The number of aromatic nitrogens is 2. The van der Waals surface area contributed by atoms with Gasteiger partial charge in [0.1, 0.15) is 11.0 Å². The van der Waals surface area contributed by atoms with E-state index in [9.17, 15) is 9.59 Å². The molecule has 0 radical (unpaired) electrons. The third-order valence-electron chi connectivity index (χ3n) is 4.97. The molecule has 0 aliphatic carbocycles. The highest BCUT2D eigenvalue weighted by molar-refractivity contribution is 6.40. The number of carbonyl (C=O) groups excluding carboxylic acids is 2. The monoisotopic (exact) mass is 471 g/mol. The van der Waals surface area contributed by atoms with Crippen molar-refractivity contribution in [3.05, 3.63) is 38.7 Å². The van der Waals surface area contributed by atoms with Crippen LogP contribution in [0.5, 0.6) is 0 Å². The van der Waals surface area contributed by atoms with Crippen LogP contribution in [0.3, 0.4) is 0 Å². The number of imidazole rings is 1. The molecule has 0 fully saturated rings. The smallest absolute Gasteiger partial charge is 0.336 e. The van der Waals surface area contributed by atoms with Gasteiger partial charge in [-0.3, -0.25) is 0 Å². The molecule has 0 unspecified atom stereocenters. The van der Waals surface area contributed by atoms with Gasteiger partial charge in [-0.05, 0) is 38.5 Å². The number of hydrogen-bond donors (Lipinski definition) is 2. The molecule has 1 aromatic rings. The number of hydrogen-bond acceptors (Lipinski definition) is 6. The molecule has 1 aliphatic heterocycles. The van der Waals surface area contributed by atoms with Gasteiger partial charge in [-0.25, -0.2) is 14.6 Å². The molecule has 1 aliphatic rings. The molecule has 0 aromatic carbocycles. The molecule has 31 heavy (non-hydrogen) atoms. The van der Waals surface area contributed by atoms with Gasteiger partial charge in [0.25, 0.3) is 0 Å². The first-order chi connectivity index (χ1) is 14.5. The van der Waals surface area contributed by atoms with Gasteiger partial charge < -0.3 is 19.8 Å². The van der Waals surface area contributed by atoms with Crippen LogP contribution in [0.1, 0.15) is 66.1 Å². The van der Waals surface area contributed by atoms with E-state index in [1.165, 1.54) is 0 Å². The zero-order valence-corrected chi connectivity index (χ0v) is 20.4. The fourth-order valence-electron chi connectivity index (χ4n) is 3.22. The van der Waals surface area contributed by atoms with Crippen LogP contribution in [0.25, 0.3) is 0 Å². The predicted molar refractivity (Wildman–Crippen MR) is 121 cm³/mol. The summed E-state index contributed by atoms with van der Waals surface area (Å²) in [5.41, 5.74) is 1.68. The van der Waals surface area contributed by atoms with Crippen molar-refractivity contribution in [3.8, 4) is 0 Å². The average Bonchev–Trinajstić information content (AvgIpc) is 2.98. The van der Waals surface area contributed by atoms with E-state index in [0.29, 0.717) is 23.2 Å². The summed E-state index contributed by atoms with van der Waals surface area (Å²) in [6.45, 7) is 12.3. The van der Waals surface area contributed by atoms with Crippen LogP contribution >= 0.6 is 23.2 Å². The molecule has 2 N–H and O–H groups in total. The lowest BCUT2D eigenvalue weighted by molar-refractivity contribution is -0.140. The van der Waals surface area contributed by atoms with E-state index in [2.05, 4.69) is 15.3 Å². The summed E-state index contributed by atoms with van der Waals surface area (Å²) in [5, 5.41) is 3.30. The Balaban J connectivity index is 2.42. The molecule has 2 heterocycles. The molecule has 0 spiro atoms. The Bertz CT molecular complexity index is 820. The zero-order chi connectivity index (χ0) is 23.3. The standard InChI is InChI=1S/C22H31Cl2N3O4/c1-11(2)7-9-30-21(28)15-13(5)25-14(6)16(22(29)31-10-8-12(3)4)17(15)20-26-18(23)19(24)27-20/h11-12,17,25H,7-10H2,1-6H3,(H,26,27). The summed E-state index contributed by atoms with van der Waals surface area (Å²) in [7, 11) is 0. The summed E-state index contributed by atoms with van der Waals surface area (Å²) in [6, 6.07) is 0. The Morgan fingerprint density at radius 3 is 1.74 bits per heavy atom. The maximum absolute atomic E-state index is 13.0. The van der Waals surface area contributed by atoms with Gasteiger partial charge in [-0.1, -0.05) is 50.9 Å². The SMILES string of the molecule is CC1=C(C(=O)OCCC(C)C)C(c2nc(Cl)c(Cl)[nH]2)C(C(=O)OCCC(C)C)=C(C)N1. The number of nitrogens with one attached hydrogen (secondary N) is 2. The summed E-state index contributed by atoms with van der Waals surface area (Å²) >= 11 is 12.1. The fourth-order valence-corrected chi connectivity index (χ4v) is 3.50. The number of carbonyl (C=O) groups is 2. The lowest BCUT2D eigenvalue weighted by Gasteiger charge is -2.29. The number of H-pyrrole nitrogens is 1. The normalized spacial score (nSPS) is 15.0. The van der Waals surface area contributed by atoms with E-state index >= 15 is 0 Å². The van der Waals surface area contributed by atoms with E-state index < -0.39 is 17.9 Å². The van der Waals surface area contributed by atoms with Gasteiger partial charge in [0.2, 0.25) is 0 Å². The highest BCUT2D eigenvalue weighted by atomic mass is 35.5. The lowest BCUT2D eigenvalue weighted by Crippen LogP contribution is -2.33. The first-order valence-corrected chi connectivity index (χ1v) is 11.2. The van der Waals surface area contributed by atoms with Crippen molar-refractivity contribution in [1.29, 1.82) is 0 Å². The molecule has 0 amide bonds. The van der Waals surface area contributed by atoms with Gasteiger partial charge in [0.15, 0.2) is 5.15 Å². The average molecular weight is 472 g/mol. The molecule has 9 heteroatoms. The van der Waals surface area contributed by atoms with Crippen molar-refractivity contribution in [3.63, 3.8) is 0 Å². The lowest BCUT2D eigenvalue weighted by atomic mass is 9.84. The number of nitrogens with zero attached hydrogens (tertiary/aromatic N) is 1. The van der Waals surface area contributed by atoms with Crippen LogP contribution in [0.15, 0.2) is 22.5 Å². The van der Waals surface area contributed by atoms with Gasteiger partial charge in [0.05, 0.1) is 30.3 Å². The van der Waals surface area contributed by atoms with Gasteiger partial charge in [-0.15, -0.1) is 0 Å². The van der Waals surface area contributed by atoms with Crippen molar-refractivity contribution in [2.45, 2.75) is 60.3 Å². The van der Waals surface area contributed by atoms with Crippen LogP contribution < -0.4 is 5.32 Å². The minimum absolute atomic E-state index is 0.0607. The molecule has 7 nitrogen and oxygen atoms in total. The minimum atomic E-state index is -0.843. The van der Waals surface area contributed by atoms with Crippen LogP contribution in [-0.2, 0) is 19.1 Å². The van der Waals surface area contributed by atoms with Crippen LogP contribution in [-0.4, -0.2) is 35.1 Å². The summed E-state index contributed by atoms with van der Waals surface area (Å²) in [5.74, 6) is -0.844. The number of esters is 2. The third kappa shape index (κ3) is 6.50. The Kier molecular flexibility index (Phi) is 9.01. The number of aromatic amines is 1. The molecule has 0 saturated heterocycles. The molecule has 0 saturated carbocycles. The van der Waals surface area contributed by atoms with Crippen LogP contribution in [0.2, 0.25) is 10.3 Å². The Labute approximate surface area is 193 Å². The van der Waals surface area contributed by atoms with E-state index in [-0.39, 0.29) is 40.5 Å². The van der Waals surface area contributed by atoms with Crippen molar-refractivity contribution in [1.82, 2.24) is 15.3 Å². The zero-order valence-electron chi connectivity index (χ0n) is 18.9. The molecular weight excluding hydrogens is 441 g/mol. The largest absolute Gasteiger partial charge is 0.462 e. The van der Waals surface area contributed by atoms with E-state index in [1.54, 1.807) is 13.8 Å². The van der Waals surface area contributed by atoms with Crippen LogP contribution in [0.4, 0.5) is 0 Å². The summed E-state index contributed by atoms with van der Waals surface area (Å²) < 4.78 is 11.0. The van der Waals surface area contributed by atoms with Gasteiger partial charge in [-0.2, -0.15) is 0 Å². The van der Waals surface area contributed by atoms with Crippen molar-refractivity contribution in [2.75, 3.05) is 13.2 Å². The van der Waals surface area contributed by atoms with Crippen molar-refractivity contribution < 1.29 is 19.1 Å². The molecular formula is C22H31Cl2N3O4. The second-order valence-corrected chi connectivity index (χ2v) is 9.24. The highest BCUT2D eigenvalue weighted by Gasteiger charge is 2.40. The molecule has 172 valence electrons. The first-order valence-electron chi connectivity index (χ1n) is 10.5. The Morgan fingerprint density at radius 2 is 1.39 bits per heavy atom. The van der Waals surface area contributed by atoms with Crippen molar-refractivity contribution >= 4 is 35.1 Å². The van der Waals surface area contributed by atoms with E-state index in [1.807, 2.05) is 27.7 Å². The number of rotatable bonds is 9. The quantitative estimate of drug-likeness (QED) is 0.484. The number of dihydropyridines is 1. The van der Waals surface area contributed by atoms with Gasteiger partial charge >= 0.3 is 11.9 Å². The van der Waals surface area contributed by atoms with Gasteiger partial charge in [0, 0.05) is 11.4 Å². The topological polar surface area (TPSA) is 93.3 Å². The number of ether oxygens (including phenoxy) is 2.